The minimum Gasteiger partial charge on any atom is -0.870 e. The molecule has 0 saturated carbocycles. The summed E-state index contributed by atoms with van der Waals surface area (Å²) in [5.41, 5.74) is 7.73. The fourth-order valence-electron chi connectivity index (χ4n) is 8.35. The molecule has 1 aromatic carbocycles. The average Bonchev–Trinajstić information content (AvgIpc) is 4.05. The van der Waals surface area contributed by atoms with E-state index in [2.05, 4.69) is 95.6 Å². The van der Waals surface area contributed by atoms with Crippen LogP contribution in [-0.4, -0.2) is 92.9 Å². The number of aromatic nitrogens is 6. The summed E-state index contributed by atoms with van der Waals surface area (Å²) in [4.78, 5) is 27.5. The maximum atomic E-state index is 13.5. The Balaban J connectivity index is 0.000000206. The van der Waals surface area contributed by atoms with Gasteiger partial charge in [0.2, 0.25) is 0 Å². The van der Waals surface area contributed by atoms with Crippen LogP contribution in [-0.2, 0) is 22.9 Å². The Bertz CT molecular complexity index is 2620. The van der Waals surface area contributed by atoms with Gasteiger partial charge in [0.25, 0.3) is 10.0 Å². The van der Waals surface area contributed by atoms with Gasteiger partial charge in [-0.2, -0.15) is 0 Å². The Morgan fingerprint density at radius 2 is 1.25 bits per heavy atom. The zero-order valence-corrected chi connectivity index (χ0v) is 41.0. The number of rotatable bonds is 10. The van der Waals surface area contributed by atoms with Gasteiger partial charge in [0.05, 0.1) is 26.3 Å². The maximum Gasteiger partial charge on any atom is 1.00 e. The molecule has 6 aromatic heterocycles. The van der Waals surface area contributed by atoms with Crippen molar-refractivity contribution in [2.24, 2.45) is 11.8 Å². The fourth-order valence-corrected chi connectivity index (χ4v) is 11.7. The number of piperidine rings is 2. The topological polar surface area (TPSA) is 143 Å². The third-order valence-electron chi connectivity index (χ3n) is 11.6. The SMILES string of the molecule is CC(C)Cc1cnc2[nH]cc(-c3csc(C4CCN(C)CC4)n3)c2c1.CC(C)Cc1cnc2c(c1)c(-c1csc(C3CCN(C)CC3)n1)cn2S(=O)(=O)c1ccccc1.[Na+].[OH-]. The van der Waals surface area contributed by atoms with Crippen LogP contribution in [0.5, 0.6) is 0 Å². The molecule has 2 aliphatic heterocycles. The molecule has 0 spiro atoms. The van der Waals surface area contributed by atoms with Gasteiger partial charge in [0, 0.05) is 69.3 Å². The number of pyridine rings is 2. The van der Waals surface area contributed by atoms with Gasteiger partial charge < -0.3 is 20.3 Å². The van der Waals surface area contributed by atoms with Gasteiger partial charge in [-0.15, -0.1) is 22.7 Å². The van der Waals surface area contributed by atoms with E-state index < -0.39 is 10.0 Å². The van der Waals surface area contributed by atoms with E-state index in [9.17, 15) is 8.42 Å². The van der Waals surface area contributed by atoms with E-state index in [1.54, 1.807) is 48.0 Å². The summed E-state index contributed by atoms with van der Waals surface area (Å²) >= 11 is 3.49. The molecule has 15 heteroatoms. The van der Waals surface area contributed by atoms with E-state index in [1.165, 1.54) is 51.4 Å². The Labute approximate surface area is 390 Å². The first-order valence-electron chi connectivity index (χ1n) is 21.0. The van der Waals surface area contributed by atoms with Gasteiger partial charge in [0.15, 0.2) is 5.65 Å². The predicted molar refractivity (Wildman–Crippen MR) is 245 cm³/mol. The molecule has 61 heavy (non-hydrogen) atoms. The molecule has 0 bridgehead atoms. The third-order valence-corrected chi connectivity index (χ3v) is 15.3. The summed E-state index contributed by atoms with van der Waals surface area (Å²) in [6.07, 6.45) is 14.2. The van der Waals surface area contributed by atoms with E-state index in [1.807, 2.05) is 23.6 Å². The molecule has 2 N–H and O–H groups in total. The van der Waals surface area contributed by atoms with Gasteiger partial charge in [-0.1, -0.05) is 45.9 Å². The summed E-state index contributed by atoms with van der Waals surface area (Å²) in [6, 6.07) is 12.9. The van der Waals surface area contributed by atoms with Gasteiger partial charge in [-0.05, 0) is 126 Å². The van der Waals surface area contributed by atoms with Gasteiger partial charge in [-0.3, -0.25) is 0 Å². The number of likely N-dealkylation sites (tertiary alicyclic amines) is 2. The Kier molecular flexibility index (Phi) is 15.8. The maximum absolute atomic E-state index is 13.5. The smallest absolute Gasteiger partial charge is 0.870 e. The van der Waals surface area contributed by atoms with Gasteiger partial charge in [-0.25, -0.2) is 32.3 Å². The summed E-state index contributed by atoms with van der Waals surface area (Å²) in [5.74, 6) is 2.20. The van der Waals surface area contributed by atoms with Crippen molar-refractivity contribution in [2.45, 2.75) is 83.0 Å². The first-order chi connectivity index (χ1) is 28.4. The van der Waals surface area contributed by atoms with Crippen molar-refractivity contribution in [1.29, 1.82) is 0 Å². The van der Waals surface area contributed by atoms with Crippen molar-refractivity contribution < 1.29 is 43.5 Å². The quantitative estimate of drug-likeness (QED) is 0.145. The minimum atomic E-state index is -3.78. The number of benzene rings is 1. The Morgan fingerprint density at radius 3 is 1.79 bits per heavy atom. The molecule has 0 radical (unpaired) electrons. The van der Waals surface area contributed by atoms with Crippen LogP contribution in [0.15, 0.2) is 82.9 Å². The number of nitrogens with zero attached hydrogens (tertiary/aromatic N) is 7. The normalized spacial score (nSPS) is 15.9. The van der Waals surface area contributed by atoms with E-state index in [-0.39, 0.29) is 39.9 Å². The standard InChI is InChI=1S/C26H30N4O2S2.C20H26N4S.Na.H2O/c1-18(2)13-19-14-22-23(24-17-33-26(28-24)20-9-11-29(3)12-10-20)16-30(25(22)27-15-19)34(31,32)21-7-5-4-6-8-21;1-13(2)8-14-9-16-17(11-22-19(16)21-10-14)18-12-25-20(23-18)15-4-6-24(3)7-5-15;;/h4-8,14-18,20H,9-13H2,1-3H3;9-13,15H,4-8H2,1-3H3,(H,21,22);;1H2/q;;+1;/p-1. The van der Waals surface area contributed by atoms with Crippen LogP contribution in [0.1, 0.15) is 86.4 Å². The molecule has 2 aliphatic rings. The van der Waals surface area contributed by atoms with Gasteiger partial charge >= 0.3 is 29.6 Å². The van der Waals surface area contributed by atoms with Crippen LogP contribution in [0.4, 0.5) is 0 Å². The first kappa shape index (κ1) is 47.2. The molecule has 2 saturated heterocycles. The molecular weight excluding hydrogens is 832 g/mol. The number of thiazole rings is 2. The Hall–Kier alpha value is -3.31. The van der Waals surface area contributed by atoms with E-state index in [0.29, 0.717) is 29.3 Å². The van der Waals surface area contributed by atoms with Crippen molar-refractivity contribution in [3.8, 4) is 22.5 Å². The van der Waals surface area contributed by atoms with Crippen molar-refractivity contribution >= 4 is 54.8 Å². The molecular formula is C46H57N8NaO3S3. The number of aromatic amines is 1. The predicted octanol–water partition coefficient (Wildman–Crippen LogP) is 6.93. The Morgan fingerprint density at radius 1 is 0.738 bits per heavy atom. The van der Waals surface area contributed by atoms with E-state index >= 15 is 0 Å². The monoisotopic (exact) mass is 888 g/mol. The van der Waals surface area contributed by atoms with Crippen LogP contribution < -0.4 is 29.6 Å². The van der Waals surface area contributed by atoms with Crippen LogP contribution in [0.3, 0.4) is 0 Å². The molecule has 0 atom stereocenters. The number of hydrogen-bond acceptors (Lipinski definition) is 11. The van der Waals surface area contributed by atoms with Crippen molar-refractivity contribution in [2.75, 3.05) is 40.3 Å². The molecule has 8 heterocycles. The second-order valence-corrected chi connectivity index (χ2v) is 20.9. The third kappa shape index (κ3) is 10.7. The summed E-state index contributed by atoms with van der Waals surface area (Å²) in [7, 11) is 0.581. The summed E-state index contributed by atoms with van der Waals surface area (Å²) < 4.78 is 28.4. The summed E-state index contributed by atoms with van der Waals surface area (Å²) in [5, 5.41) is 8.74. The van der Waals surface area contributed by atoms with Gasteiger partial charge in [0.1, 0.15) is 5.65 Å². The molecule has 0 unspecified atom stereocenters. The zero-order chi connectivity index (χ0) is 41.3. The van der Waals surface area contributed by atoms with Crippen LogP contribution >= 0.6 is 22.7 Å². The second kappa shape index (κ2) is 20.5. The largest absolute Gasteiger partial charge is 1.00 e. The van der Waals surface area contributed by atoms with E-state index in [0.717, 1.165) is 77.3 Å². The average molecular weight is 889 g/mol. The van der Waals surface area contributed by atoms with Crippen LogP contribution in [0.2, 0.25) is 0 Å². The number of H-pyrrole nitrogens is 1. The van der Waals surface area contributed by atoms with Crippen molar-refractivity contribution in [3.63, 3.8) is 0 Å². The van der Waals surface area contributed by atoms with E-state index in [4.69, 9.17) is 9.97 Å². The van der Waals surface area contributed by atoms with Crippen LogP contribution in [0.25, 0.3) is 44.6 Å². The molecule has 0 aliphatic carbocycles. The number of nitrogens with one attached hydrogen (secondary N) is 1. The molecule has 0 amide bonds. The van der Waals surface area contributed by atoms with Crippen molar-refractivity contribution in [3.05, 3.63) is 99.2 Å². The second-order valence-electron chi connectivity index (χ2n) is 17.3. The summed E-state index contributed by atoms with van der Waals surface area (Å²) in [6.45, 7) is 13.3. The molecule has 9 rings (SSSR count). The molecule has 11 nitrogen and oxygen atoms in total. The van der Waals surface area contributed by atoms with Crippen molar-refractivity contribution in [1.82, 2.24) is 38.7 Å². The first-order valence-corrected chi connectivity index (χ1v) is 24.2. The fraction of sp³-hybridized carbons (Fsp3) is 0.435. The molecule has 318 valence electrons. The molecule has 7 aromatic rings. The number of fused-ring (bicyclic) bond motifs is 2. The van der Waals surface area contributed by atoms with Crippen LogP contribution in [0, 0.1) is 11.8 Å². The number of hydrogen-bond donors (Lipinski definition) is 1. The molecule has 2 fully saturated rings. The zero-order valence-electron chi connectivity index (χ0n) is 36.5. The minimum absolute atomic E-state index is 0.